The van der Waals surface area contributed by atoms with Crippen LogP contribution in [0.4, 0.5) is 0 Å². The molecule has 1 saturated heterocycles. The summed E-state index contributed by atoms with van der Waals surface area (Å²) in [5, 5.41) is 12.5. The van der Waals surface area contributed by atoms with Crippen LogP contribution in [0.5, 0.6) is 0 Å². The van der Waals surface area contributed by atoms with E-state index >= 15 is 0 Å². The van der Waals surface area contributed by atoms with Crippen molar-refractivity contribution >= 4 is 57.2 Å². The van der Waals surface area contributed by atoms with E-state index in [-0.39, 0.29) is 11.5 Å². The molecule has 1 aliphatic rings. The lowest BCUT2D eigenvalue weighted by Crippen LogP contribution is -2.17. The van der Waals surface area contributed by atoms with E-state index in [4.69, 9.17) is 16.6 Å². The highest BCUT2D eigenvalue weighted by atomic mass is 32.2. The fraction of sp³-hybridized carbons (Fsp3) is 0. The van der Waals surface area contributed by atoms with Gasteiger partial charge < -0.3 is 14.8 Å². The molecule has 1 amide bonds. The summed E-state index contributed by atoms with van der Waals surface area (Å²) in [4.78, 5) is 27.7. The van der Waals surface area contributed by atoms with E-state index in [2.05, 4.69) is 22.1 Å². The number of rotatable bonds is 2. The van der Waals surface area contributed by atoms with Crippen molar-refractivity contribution in [2.24, 2.45) is 0 Å². The molecule has 4 rings (SSSR count). The van der Waals surface area contributed by atoms with Crippen LogP contribution in [-0.4, -0.2) is 26.3 Å². The first-order valence-electron chi connectivity index (χ1n) is 7.98. The molecule has 8 heteroatoms. The van der Waals surface area contributed by atoms with E-state index in [0.29, 0.717) is 31.7 Å². The number of nitrogens with zero attached hydrogens (tertiary/aromatic N) is 1. The number of amides is 1. The van der Waals surface area contributed by atoms with Gasteiger partial charge in [-0.3, -0.25) is 9.78 Å². The molecule has 0 radical (unpaired) electrons. The average Bonchev–Trinajstić information content (AvgIpc) is 3.22. The molecule has 1 aliphatic heterocycles. The van der Waals surface area contributed by atoms with Crippen LogP contribution in [0, 0.1) is 11.8 Å². The predicted molar refractivity (Wildman–Crippen MR) is 110 cm³/mol. The van der Waals surface area contributed by atoms with E-state index in [0.717, 1.165) is 5.39 Å². The van der Waals surface area contributed by atoms with E-state index in [1.807, 2.05) is 0 Å². The molecular weight excluding hydrogens is 396 g/mol. The lowest BCUT2D eigenvalue weighted by atomic mass is 10.1. The quantitative estimate of drug-likeness (QED) is 0.383. The van der Waals surface area contributed by atoms with Gasteiger partial charge in [-0.25, -0.2) is 4.79 Å². The van der Waals surface area contributed by atoms with Gasteiger partial charge in [-0.15, -0.1) is 0 Å². The number of nitrogens with one attached hydrogen (secondary N) is 1. The van der Waals surface area contributed by atoms with Gasteiger partial charge in [0.15, 0.2) is 5.58 Å². The number of pyridine rings is 1. The Morgan fingerprint density at radius 2 is 2.04 bits per heavy atom. The second-order valence-corrected chi connectivity index (χ2v) is 7.43. The third-order valence-corrected chi connectivity index (χ3v) is 5.01. The third-order valence-electron chi connectivity index (χ3n) is 3.85. The summed E-state index contributed by atoms with van der Waals surface area (Å²) in [6.45, 7) is 0. The zero-order valence-corrected chi connectivity index (χ0v) is 15.7. The Labute approximate surface area is 168 Å². The molecule has 3 aromatic rings. The fourth-order valence-corrected chi connectivity index (χ4v) is 3.63. The highest BCUT2D eigenvalue weighted by Crippen LogP contribution is 2.29. The minimum absolute atomic E-state index is 0.125. The Hall–Kier alpha value is -3.41. The molecule has 0 unspecified atom stereocenters. The summed E-state index contributed by atoms with van der Waals surface area (Å²) in [7, 11) is 0. The van der Waals surface area contributed by atoms with Gasteiger partial charge in [0.2, 0.25) is 0 Å². The zero-order chi connectivity index (χ0) is 19.7. The number of aromatic nitrogens is 1. The minimum atomic E-state index is -1.04. The van der Waals surface area contributed by atoms with Crippen LogP contribution < -0.4 is 5.32 Å². The van der Waals surface area contributed by atoms with Crippen molar-refractivity contribution in [2.75, 3.05) is 0 Å². The van der Waals surface area contributed by atoms with Crippen molar-refractivity contribution in [3.63, 3.8) is 0 Å². The van der Waals surface area contributed by atoms with E-state index < -0.39 is 5.97 Å². The first-order valence-corrected chi connectivity index (χ1v) is 9.20. The van der Waals surface area contributed by atoms with Gasteiger partial charge in [0.05, 0.1) is 16.0 Å². The zero-order valence-electron chi connectivity index (χ0n) is 14.1. The second kappa shape index (κ2) is 7.31. The Kier molecular flexibility index (Phi) is 4.69. The van der Waals surface area contributed by atoms with Crippen LogP contribution in [0.1, 0.15) is 27.2 Å². The number of thiocarbonyl (C=S) groups is 1. The number of thioether (sulfide) groups is 1. The van der Waals surface area contributed by atoms with Crippen LogP contribution in [0.3, 0.4) is 0 Å². The molecule has 3 heterocycles. The lowest BCUT2D eigenvalue weighted by molar-refractivity contribution is -0.115. The maximum Gasteiger partial charge on any atom is 0.336 e. The normalized spacial score (nSPS) is 14.8. The van der Waals surface area contributed by atoms with Gasteiger partial charge >= 0.3 is 5.97 Å². The lowest BCUT2D eigenvalue weighted by Gasteiger charge is -1.97. The third kappa shape index (κ3) is 3.53. The molecule has 6 nitrogen and oxygen atoms in total. The molecule has 1 fully saturated rings. The average molecular weight is 406 g/mol. The molecule has 2 N–H and O–H groups in total. The summed E-state index contributed by atoms with van der Waals surface area (Å²) in [5.74, 6) is 4.96. The molecular formula is C20H10N2O4S2. The molecule has 2 aromatic heterocycles. The van der Waals surface area contributed by atoms with Crippen molar-refractivity contribution in [3.8, 4) is 11.8 Å². The maximum atomic E-state index is 11.8. The van der Waals surface area contributed by atoms with E-state index in [9.17, 15) is 14.7 Å². The summed E-state index contributed by atoms with van der Waals surface area (Å²) in [6, 6.07) is 8.26. The van der Waals surface area contributed by atoms with E-state index in [1.165, 1.54) is 17.8 Å². The number of carboxylic acids is 1. The van der Waals surface area contributed by atoms with Crippen molar-refractivity contribution in [2.45, 2.75) is 0 Å². The van der Waals surface area contributed by atoms with Crippen LogP contribution in [-0.2, 0) is 4.79 Å². The molecule has 136 valence electrons. The maximum absolute atomic E-state index is 11.8. The molecule has 0 aliphatic carbocycles. The van der Waals surface area contributed by atoms with Crippen molar-refractivity contribution in [3.05, 3.63) is 70.1 Å². The number of carbonyl (C=O) groups excluding carboxylic acids is 1. The van der Waals surface area contributed by atoms with Crippen LogP contribution in [0.15, 0.2) is 52.0 Å². The Bertz CT molecular complexity index is 1250. The number of fused-ring (bicyclic) bond motifs is 1. The number of hydrogen-bond acceptors (Lipinski definition) is 6. The second-order valence-electron chi connectivity index (χ2n) is 5.71. The van der Waals surface area contributed by atoms with Crippen LogP contribution >= 0.6 is 24.0 Å². The summed E-state index contributed by atoms with van der Waals surface area (Å²) in [6.07, 6.45) is 4.78. The first kappa shape index (κ1) is 18.0. The highest BCUT2D eigenvalue weighted by molar-refractivity contribution is 8.26. The molecule has 0 bridgehead atoms. The van der Waals surface area contributed by atoms with E-state index in [1.54, 1.807) is 42.7 Å². The number of carbonyl (C=O) groups is 2. The monoisotopic (exact) mass is 406 g/mol. The predicted octanol–water partition coefficient (Wildman–Crippen LogP) is 3.41. The van der Waals surface area contributed by atoms with Gasteiger partial charge in [0.1, 0.15) is 10.1 Å². The number of benzene rings is 1. The SMILES string of the molecule is O=C1NC(=S)S/C1=C/c1cc2cncc(C#Cc3ccccc3C(=O)O)c2o1. The fourth-order valence-electron chi connectivity index (χ4n) is 2.61. The largest absolute Gasteiger partial charge is 0.478 e. The Morgan fingerprint density at radius 1 is 1.25 bits per heavy atom. The van der Waals surface area contributed by atoms with Crippen LogP contribution in [0.2, 0.25) is 0 Å². The highest BCUT2D eigenvalue weighted by Gasteiger charge is 2.22. The van der Waals surface area contributed by atoms with Gasteiger partial charge in [0.25, 0.3) is 5.91 Å². The summed E-state index contributed by atoms with van der Waals surface area (Å²) >= 11 is 6.14. The topological polar surface area (TPSA) is 92.4 Å². The summed E-state index contributed by atoms with van der Waals surface area (Å²) < 4.78 is 6.24. The number of furan rings is 1. The molecule has 28 heavy (non-hydrogen) atoms. The van der Waals surface area contributed by atoms with Crippen LogP contribution in [0.25, 0.3) is 17.0 Å². The van der Waals surface area contributed by atoms with Gasteiger partial charge in [-0.1, -0.05) is 48.0 Å². The van der Waals surface area contributed by atoms with Gasteiger partial charge in [-0.05, 0) is 18.2 Å². The van der Waals surface area contributed by atoms with Crippen molar-refractivity contribution < 1.29 is 19.1 Å². The van der Waals surface area contributed by atoms with Crippen molar-refractivity contribution in [1.82, 2.24) is 10.3 Å². The Balaban J connectivity index is 1.74. The number of carboxylic acid groups (broad SMARTS) is 1. The van der Waals surface area contributed by atoms with Gasteiger partial charge in [-0.2, -0.15) is 0 Å². The smallest absolute Gasteiger partial charge is 0.336 e. The minimum Gasteiger partial charge on any atom is -0.478 e. The Morgan fingerprint density at radius 3 is 2.79 bits per heavy atom. The standard InChI is InChI=1S/C20H10N2O4S2/c23-18-16(28-20(27)22-18)8-14-7-13-10-21-9-12(17(13)26-14)6-5-11-3-1-2-4-15(11)19(24)25/h1-4,7-10H,(H,24,25)(H,22,23,27)/b16-8+. The first-order chi connectivity index (χ1) is 13.5. The molecule has 0 spiro atoms. The molecule has 0 atom stereocenters. The molecule has 0 saturated carbocycles. The number of aromatic carboxylic acids is 1. The summed E-state index contributed by atoms with van der Waals surface area (Å²) in [5.41, 5.74) is 1.54. The van der Waals surface area contributed by atoms with Crippen molar-refractivity contribution in [1.29, 1.82) is 0 Å². The molecule has 1 aromatic carbocycles. The number of hydrogen-bond donors (Lipinski definition) is 2. The van der Waals surface area contributed by atoms with Gasteiger partial charge in [0, 0.05) is 29.4 Å².